The number of hydrogen-bond acceptors (Lipinski definition) is 9. The van der Waals surface area contributed by atoms with E-state index in [-0.39, 0.29) is 11.8 Å². The number of aryl methyl sites for hydroxylation is 1. The molecule has 2 aromatic rings. The summed E-state index contributed by atoms with van der Waals surface area (Å²) in [6.07, 6.45) is 0. The lowest BCUT2D eigenvalue weighted by atomic mass is 10.4. The number of sulfonamides is 2. The van der Waals surface area contributed by atoms with Gasteiger partial charge in [0.1, 0.15) is 9.79 Å². The first-order valence-electron chi connectivity index (χ1n) is 8.05. The zero-order valence-corrected chi connectivity index (χ0v) is 17.3. The van der Waals surface area contributed by atoms with E-state index < -0.39 is 35.9 Å². The van der Waals surface area contributed by atoms with E-state index in [0.29, 0.717) is 12.3 Å². The largest absolute Gasteiger partial charge is 0.478 e. The first-order valence-corrected chi connectivity index (χ1v) is 11.0. The van der Waals surface area contributed by atoms with E-state index in [4.69, 9.17) is 4.74 Å². The monoisotopic (exact) mass is 445 g/mol. The molecule has 0 aliphatic heterocycles. The second-order valence-electron chi connectivity index (χ2n) is 5.40. The summed E-state index contributed by atoms with van der Waals surface area (Å²) < 4.78 is 56.4. The van der Waals surface area contributed by atoms with Crippen LogP contribution in [0, 0.1) is 6.92 Å². The molecule has 158 valence electrons. The number of nitrogens with one attached hydrogen (secondary N) is 3. The highest BCUT2D eigenvalue weighted by molar-refractivity contribution is 7.92. The third-order valence-corrected chi connectivity index (χ3v) is 6.04. The molecule has 14 heteroatoms. The lowest BCUT2D eigenvalue weighted by molar-refractivity contribution is 0.153. The number of hydrogen-bond donors (Lipinski definition) is 3. The van der Waals surface area contributed by atoms with Crippen LogP contribution in [0.2, 0.25) is 0 Å². The average molecular weight is 445 g/mol. The number of anilines is 1. The van der Waals surface area contributed by atoms with Gasteiger partial charge in [0.25, 0.3) is 20.0 Å². The third-order valence-electron chi connectivity index (χ3n) is 3.20. The molecule has 12 nitrogen and oxygen atoms in total. The molecule has 0 aliphatic rings. The van der Waals surface area contributed by atoms with Gasteiger partial charge in [-0.2, -0.15) is 4.98 Å². The zero-order valence-electron chi connectivity index (χ0n) is 15.7. The number of rotatable bonds is 8. The van der Waals surface area contributed by atoms with Crippen LogP contribution >= 0.6 is 0 Å². The Morgan fingerprint density at radius 2 is 1.69 bits per heavy atom. The summed E-state index contributed by atoms with van der Waals surface area (Å²) in [7, 11) is -7.81. The molecule has 0 aliphatic carbocycles. The molecule has 0 saturated heterocycles. The Labute approximate surface area is 167 Å². The van der Waals surface area contributed by atoms with Gasteiger partial charge in [0.15, 0.2) is 0 Å². The minimum absolute atomic E-state index is 0.192. The number of nitrogens with zero attached hydrogens (tertiary/aromatic N) is 2. The van der Waals surface area contributed by atoms with Crippen molar-refractivity contribution in [1.82, 2.24) is 19.6 Å². The molecule has 0 bridgehead atoms. The quantitative estimate of drug-likeness (QED) is 0.491. The molecule has 2 rings (SSSR count). The normalized spacial score (nSPS) is 11.7. The molecule has 1 aromatic heterocycles. The molecular weight excluding hydrogens is 426 g/mol. The highest BCUT2D eigenvalue weighted by atomic mass is 32.2. The highest BCUT2D eigenvalue weighted by Gasteiger charge is 2.28. The van der Waals surface area contributed by atoms with Crippen LogP contribution in [-0.4, -0.2) is 46.6 Å². The topological polar surface area (TPSA) is 166 Å². The molecule has 2 amide bonds. The standard InChI is InChI=1S/C15H19N5O7S2/c1-4-27-13-9-10(2)16-14(17-13)18-15(21)19-28(22,23)11-7-5-6-8-12(11)29(24,25)20-26-3/h5-9,20H,4H2,1-3H3,(H2,16,17,18,19,21). The fourth-order valence-corrected chi connectivity index (χ4v) is 4.72. The molecule has 0 radical (unpaired) electrons. The van der Waals surface area contributed by atoms with Crippen molar-refractivity contribution in [3.8, 4) is 5.88 Å². The first-order chi connectivity index (χ1) is 13.6. The van der Waals surface area contributed by atoms with E-state index in [0.717, 1.165) is 19.2 Å². The van der Waals surface area contributed by atoms with Crippen molar-refractivity contribution < 1.29 is 31.2 Å². The van der Waals surface area contributed by atoms with Crippen LogP contribution in [0.5, 0.6) is 5.88 Å². The summed E-state index contributed by atoms with van der Waals surface area (Å²) in [5, 5.41) is 2.17. The SMILES string of the molecule is CCOc1cc(C)nc(NC(=O)NS(=O)(=O)c2ccccc2S(=O)(=O)NOC)n1. The summed E-state index contributed by atoms with van der Waals surface area (Å²) in [5.74, 6) is 0.00309. The Balaban J connectivity index is 2.28. The fourth-order valence-electron chi connectivity index (χ4n) is 2.17. The van der Waals surface area contributed by atoms with Gasteiger partial charge in [0.2, 0.25) is 11.8 Å². The number of aromatic nitrogens is 2. The smallest absolute Gasteiger partial charge is 0.335 e. The van der Waals surface area contributed by atoms with Crippen molar-refractivity contribution in [2.45, 2.75) is 23.6 Å². The van der Waals surface area contributed by atoms with Crippen LogP contribution in [0.1, 0.15) is 12.6 Å². The van der Waals surface area contributed by atoms with Crippen LogP contribution < -0.4 is 19.7 Å². The lowest BCUT2D eigenvalue weighted by Crippen LogP contribution is -2.36. The van der Waals surface area contributed by atoms with Gasteiger partial charge in [0.05, 0.1) is 13.7 Å². The number of urea groups is 1. The number of amides is 2. The number of ether oxygens (including phenoxy) is 1. The zero-order chi connectivity index (χ0) is 21.7. The molecule has 0 atom stereocenters. The molecule has 29 heavy (non-hydrogen) atoms. The predicted molar refractivity (Wildman–Crippen MR) is 101 cm³/mol. The van der Waals surface area contributed by atoms with Crippen molar-refractivity contribution in [3.05, 3.63) is 36.0 Å². The van der Waals surface area contributed by atoms with Gasteiger partial charge < -0.3 is 4.74 Å². The van der Waals surface area contributed by atoms with Gasteiger partial charge in [-0.1, -0.05) is 17.0 Å². The number of benzene rings is 1. The maximum atomic E-state index is 12.6. The van der Waals surface area contributed by atoms with Crippen LogP contribution in [0.25, 0.3) is 0 Å². The van der Waals surface area contributed by atoms with Gasteiger partial charge in [0, 0.05) is 11.8 Å². The average Bonchev–Trinajstić information content (AvgIpc) is 2.61. The molecule has 0 unspecified atom stereocenters. The van der Waals surface area contributed by atoms with E-state index in [2.05, 4.69) is 20.1 Å². The van der Waals surface area contributed by atoms with Crippen LogP contribution in [0.15, 0.2) is 40.1 Å². The minimum atomic E-state index is -4.57. The van der Waals surface area contributed by atoms with Crippen LogP contribution in [-0.2, 0) is 24.9 Å². The van der Waals surface area contributed by atoms with E-state index >= 15 is 0 Å². The Morgan fingerprint density at radius 1 is 1.07 bits per heavy atom. The van der Waals surface area contributed by atoms with Crippen LogP contribution in [0.4, 0.5) is 10.7 Å². The maximum absolute atomic E-state index is 12.6. The summed E-state index contributed by atoms with van der Waals surface area (Å²) in [5.41, 5.74) is 0.476. The molecule has 1 heterocycles. The van der Waals surface area contributed by atoms with E-state index in [1.165, 1.54) is 18.2 Å². The maximum Gasteiger partial charge on any atom is 0.335 e. The van der Waals surface area contributed by atoms with E-state index in [1.54, 1.807) is 23.5 Å². The lowest BCUT2D eigenvalue weighted by Gasteiger charge is -2.12. The van der Waals surface area contributed by atoms with Gasteiger partial charge in [-0.25, -0.2) is 31.3 Å². The number of carbonyl (C=O) groups is 1. The van der Waals surface area contributed by atoms with Crippen molar-refractivity contribution in [3.63, 3.8) is 0 Å². The number of carbonyl (C=O) groups excluding carboxylic acids is 1. The summed E-state index contributed by atoms with van der Waals surface area (Å²) in [6.45, 7) is 3.71. The van der Waals surface area contributed by atoms with Crippen LogP contribution in [0.3, 0.4) is 0 Å². The second kappa shape index (κ2) is 9.13. The molecule has 0 spiro atoms. The van der Waals surface area contributed by atoms with Crippen molar-refractivity contribution >= 4 is 32.0 Å². The second-order valence-corrected chi connectivity index (χ2v) is 8.67. The molecule has 0 fully saturated rings. The molecule has 0 saturated carbocycles. The Morgan fingerprint density at radius 3 is 2.28 bits per heavy atom. The molecule has 3 N–H and O–H groups in total. The summed E-state index contributed by atoms with van der Waals surface area (Å²) in [4.78, 5) is 24.9. The van der Waals surface area contributed by atoms with Gasteiger partial charge in [-0.05, 0) is 26.0 Å². The Bertz CT molecular complexity index is 1100. The van der Waals surface area contributed by atoms with Crippen molar-refractivity contribution in [2.24, 2.45) is 0 Å². The first kappa shape index (κ1) is 22.5. The summed E-state index contributed by atoms with van der Waals surface area (Å²) >= 11 is 0. The van der Waals surface area contributed by atoms with Gasteiger partial charge in [-0.3, -0.25) is 10.2 Å². The van der Waals surface area contributed by atoms with E-state index in [9.17, 15) is 21.6 Å². The molecule has 1 aromatic carbocycles. The minimum Gasteiger partial charge on any atom is -0.478 e. The van der Waals surface area contributed by atoms with E-state index in [1.807, 2.05) is 0 Å². The third kappa shape index (κ3) is 5.83. The summed E-state index contributed by atoms with van der Waals surface area (Å²) in [6, 6.07) is 5.04. The van der Waals surface area contributed by atoms with Gasteiger partial charge in [-0.15, -0.1) is 0 Å². The Kier molecular flexibility index (Phi) is 7.07. The Hall–Kier alpha value is -2.81. The fraction of sp³-hybridized carbons (Fsp3) is 0.267. The van der Waals surface area contributed by atoms with Crippen molar-refractivity contribution in [2.75, 3.05) is 19.0 Å². The van der Waals surface area contributed by atoms with Crippen molar-refractivity contribution in [1.29, 1.82) is 0 Å². The predicted octanol–water partition coefficient (Wildman–Crippen LogP) is 0.534. The van der Waals surface area contributed by atoms with Gasteiger partial charge >= 0.3 is 6.03 Å². The molecular formula is C15H19N5O7S2. The highest BCUT2D eigenvalue weighted by Crippen LogP contribution is 2.20.